The van der Waals surface area contributed by atoms with Gasteiger partial charge >= 0.3 is 0 Å². The van der Waals surface area contributed by atoms with Crippen LogP contribution in [0.25, 0.3) is 0 Å². The molecule has 3 rings (SSSR count). The van der Waals surface area contributed by atoms with Crippen molar-refractivity contribution in [1.29, 1.82) is 0 Å². The highest BCUT2D eigenvalue weighted by molar-refractivity contribution is 5.79. The van der Waals surface area contributed by atoms with Gasteiger partial charge in [0.2, 0.25) is 11.8 Å². The summed E-state index contributed by atoms with van der Waals surface area (Å²) < 4.78 is 32.3. The maximum Gasteiger partial charge on any atom is 0.224 e. The SMILES string of the molecule is CN1CCC[C@@H](C(=O)NCc2cccnc2Oc2ccc(F)cc2F)C1. The van der Waals surface area contributed by atoms with Gasteiger partial charge in [-0.25, -0.2) is 13.8 Å². The molecule has 0 unspecified atom stereocenters. The van der Waals surface area contributed by atoms with Gasteiger partial charge in [0.05, 0.1) is 5.92 Å². The third-order valence-corrected chi connectivity index (χ3v) is 4.40. The maximum absolute atomic E-state index is 13.8. The normalized spacial score (nSPS) is 17.7. The lowest BCUT2D eigenvalue weighted by molar-refractivity contribution is -0.126. The molecule has 1 aliphatic heterocycles. The minimum Gasteiger partial charge on any atom is -0.436 e. The number of benzene rings is 1. The first-order valence-electron chi connectivity index (χ1n) is 8.56. The van der Waals surface area contributed by atoms with Crippen LogP contribution < -0.4 is 10.1 Å². The average molecular weight is 361 g/mol. The molecule has 7 heteroatoms. The summed E-state index contributed by atoms with van der Waals surface area (Å²) in [6, 6.07) is 6.53. The van der Waals surface area contributed by atoms with E-state index in [1.54, 1.807) is 12.1 Å². The van der Waals surface area contributed by atoms with Gasteiger partial charge in [-0.2, -0.15) is 0 Å². The van der Waals surface area contributed by atoms with E-state index in [0.717, 1.165) is 38.1 Å². The van der Waals surface area contributed by atoms with Crippen molar-refractivity contribution in [2.75, 3.05) is 20.1 Å². The Morgan fingerprint density at radius 2 is 2.23 bits per heavy atom. The number of amides is 1. The molecule has 0 radical (unpaired) electrons. The molecule has 1 atom stereocenters. The quantitative estimate of drug-likeness (QED) is 0.889. The number of hydrogen-bond acceptors (Lipinski definition) is 4. The van der Waals surface area contributed by atoms with Gasteiger partial charge in [0.25, 0.3) is 0 Å². The van der Waals surface area contributed by atoms with E-state index >= 15 is 0 Å². The molecule has 1 amide bonds. The second-order valence-corrected chi connectivity index (χ2v) is 6.46. The van der Waals surface area contributed by atoms with Crippen LogP contribution >= 0.6 is 0 Å². The number of pyridine rings is 1. The number of carbonyl (C=O) groups is 1. The topological polar surface area (TPSA) is 54.5 Å². The van der Waals surface area contributed by atoms with E-state index in [9.17, 15) is 13.6 Å². The van der Waals surface area contributed by atoms with Crippen LogP contribution in [0.3, 0.4) is 0 Å². The van der Waals surface area contributed by atoms with Crippen LogP contribution in [0.1, 0.15) is 18.4 Å². The molecule has 1 aromatic carbocycles. The maximum atomic E-state index is 13.8. The smallest absolute Gasteiger partial charge is 0.224 e. The molecule has 0 spiro atoms. The monoisotopic (exact) mass is 361 g/mol. The van der Waals surface area contributed by atoms with E-state index < -0.39 is 11.6 Å². The number of ether oxygens (including phenoxy) is 1. The van der Waals surface area contributed by atoms with Gasteiger partial charge in [0.15, 0.2) is 11.6 Å². The van der Waals surface area contributed by atoms with E-state index in [0.29, 0.717) is 5.56 Å². The molecule has 1 N–H and O–H groups in total. The number of likely N-dealkylation sites (tertiary alicyclic amines) is 1. The molecular weight excluding hydrogens is 340 g/mol. The number of carbonyl (C=O) groups excluding carboxylic acids is 1. The summed E-state index contributed by atoms with van der Waals surface area (Å²) in [6.07, 6.45) is 3.38. The van der Waals surface area contributed by atoms with Gasteiger partial charge in [-0.1, -0.05) is 6.07 Å². The van der Waals surface area contributed by atoms with E-state index in [1.807, 2.05) is 7.05 Å². The van der Waals surface area contributed by atoms with Gasteiger partial charge in [-0.05, 0) is 44.6 Å². The van der Waals surface area contributed by atoms with Crippen molar-refractivity contribution in [2.24, 2.45) is 5.92 Å². The highest BCUT2D eigenvalue weighted by Gasteiger charge is 2.24. The van der Waals surface area contributed by atoms with Crippen LogP contribution in [0.5, 0.6) is 11.6 Å². The van der Waals surface area contributed by atoms with E-state index in [4.69, 9.17) is 4.74 Å². The summed E-state index contributed by atoms with van der Waals surface area (Å²) in [5.41, 5.74) is 0.619. The van der Waals surface area contributed by atoms with Gasteiger partial charge in [-0.15, -0.1) is 0 Å². The Bertz CT molecular complexity index is 785. The molecular formula is C19H21F2N3O2. The number of nitrogens with one attached hydrogen (secondary N) is 1. The minimum absolute atomic E-state index is 0.0145. The zero-order chi connectivity index (χ0) is 18.5. The van der Waals surface area contributed by atoms with E-state index in [-0.39, 0.29) is 30.0 Å². The number of hydrogen-bond donors (Lipinski definition) is 1. The van der Waals surface area contributed by atoms with Crippen molar-refractivity contribution in [3.63, 3.8) is 0 Å². The van der Waals surface area contributed by atoms with Crippen LogP contribution in [0.15, 0.2) is 36.5 Å². The summed E-state index contributed by atoms with van der Waals surface area (Å²) in [5.74, 6) is -1.48. The average Bonchev–Trinajstić information content (AvgIpc) is 2.63. The zero-order valence-electron chi connectivity index (χ0n) is 14.5. The Morgan fingerprint density at radius 3 is 3.00 bits per heavy atom. The molecule has 1 saturated heterocycles. The lowest BCUT2D eigenvalue weighted by Gasteiger charge is -2.28. The number of rotatable bonds is 5. The summed E-state index contributed by atoms with van der Waals surface area (Å²) in [6.45, 7) is 1.97. The molecule has 26 heavy (non-hydrogen) atoms. The largest absolute Gasteiger partial charge is 0.436 e. The second kappa shape index (κ2) is 8.23. The van der Waals surface area contributed by atoms with Crippen LogP contribution in [0.2, 0.25) is 0 Å². The summed E-state index contributed by atoms with van der Waals surface area (Å²) >= 11 is 0. The van der Waals surface area contributed by atoms with Crippen molar-refractivity contribution in [3.8, 4) is 11.6 Å². The summed E-state index contributed by atoms with van der Waals surface area (Å²) in [5, 5.41) is 2.90. The highest BCUT2D eigenvalue weighted by atomic mass is 19.1. The molecule has 138 valence electrons. The molecule has 0 bridgehead atoms. The highest BCUT2D eigenvalue weighted by Crippen LogP contribution is 2.26. The van der Waals surface area contributed by atoms with Crippen LogP contribution in [-0.4, -0.2) is 35.9 Å². The Labute approximate surface area is 151 Å². The predicted molar refractivity (Wildman–Crippen MR) is 92.7 cm³/mol. The fourth-order valence-electron chi connectivity index (χ4n) is 3.02. The van der Waals surface area contributed by atoms with E-state index in [2.05, 4.69) is 15.2 Å². The van der Waals surface area contributed by atoms with Crippen LogP contribution in [0, 0.1) is 17.6 Å². The molecule has 2 aromatic rings. The lowest BCUT2D eigenvalue weighted by atomic mass is 9.97. The van der Waals surface area contributed by atoms with Crippen molar-refractivity contribution < 1.29 is 18.3 Å². The summed E-state index contributed by atoms with van der Waals surface area (Å²) in [7, 11) is 2.00. The van der Waals surface area contributed by atoms with Crippen LogP contribution in [-0.2, 0) is 11.3 Å². The van der Waals surface area contributed by atoms with Crippen molar-refractivity contribution in [2.45, 2.75) is 19.4 Å². The fraction of sp³-hybridized carbons (Fsp3) is 0.368. The Balaban J connectivity index is 1.66. The molecule has 0 saturated carbocycles. The Kier molecular flexibility index (Phi) is 5.78. The number of aromatic nitrogens is 1. The summed E-state index contributed by atoms with van der Waals surface area (Å²) in [4.78, 5) is 18.6. The van der Waals surface area contributed by atoms with Crippen molar-refractivity contribution in [1.82, 2.24) is 15.2 Å². The van der Waals surface area contributed by atoms with E-state index in [1.165, 1.54) is 12.3 Å². The molecule has 1 aliphatic rings. The third kappa shape index (κ3) is 4.54. The van der Waals surface area contributed by atoms with Crippen molar-refractivity contribution >= 4 is 5.91 Å². The van der Waals surface area contributed by atoms with Gasteiger partial charge in [0.1, 0.15) is 5.82 Å². The first-order valence-corrected chi connectivity index (χ1v) is 8.56. The third-order valence-electron chi connectivity index (χ3n) is 4.40. The Hall–Kier alpha value is -2.54. The zero-order valence-corrected chi connectivity index (χ0v) is 14.5. The molecule has 1 fully saturated rings. The second-order valence-electron chi connectivity index (χ2n) is 6.46. The lowest BCUT2D eigenvalue weighted by Crippen LogP contribution is -2.41. The van der Waals surface area contributed by atoms with Gasteiger partial charge < -0.3 is 15.0 Å². The Morgan fingerprint density at radius 1 is 1.38 bits per heavy atom. The first-order chi connectivity index (χ1) is 12.5. The van der Waals surface area contributed by atoms with Crippen LogP contribution in [0.4, 0.5) is 8.78 Å². The standard InChI is InChI=1S/C19H21F2N3O2/c1-24-9-3-5-14(12-24)18(25)23-11-13-4-2-8-22-19(13)26-17-7-6-15(20)10-16(17)21/h2,4,6-8,10,14H,3,5,9,11-12H2,1H3,(H,23,25)/t14-/m1/s1. The van der Waals surface area contributed by atoms with Gasteiger partial charge in [-0.3, -0.25) is 4.79 Å². The molecule has 2 heterocycles. The van der Waals surface area contributed by atoms with Gasteiger partial charge in [0, 0.05) is 30.9 Å². The molecule has 0 aliphatic carbocycles. The number of halogens is 2. The first kappa shape index (κ1) is 18.3. The number of piperidine rings is 1. The molecule has 1 aromatic heterocycles. The molecule has 5 nitrogen and oxygen atoms in total. The predicted octanol–water partition coefficient (Wildman–Crippen LogP) is 3.11. The minimum atomic E-state index is -0.809. The fourth-order valence-corrected chi connectivity index (χ4v) is 3.02. The van der Waals surface area contributed by atoms with Crippen molar-refractivity contribution in [3.05, 3.63) is 53.7 Å². The number of nitrogens with zero attached hydrogens (tertiary/aromatic N) is 2.